The fraction of sp³-hybridized carbons (Fsp3) is 0.256. The quantitative estimate of drug-likeness (QED) is 0.0280. The van der Waals surface area contributed by atoms with E-state index in [0.717, 1.165) is 55.6 Å². The monoisotopic (exact) mass is 1680 g/mol. The SMILES string of the molecule is C.CC1(C)OB(c2ccc(C(=O)N3CC(F)C3)cc2F)OC1(C)C.Cc1cc(-c2ccc(C(=O)N3CC(F)C3)cc2F)ccc1-c1ncc(CN)o1.Cc1cc(-c2ccc(C(=O)N3CC(F)C3)cc2F)ccc1-c1ncc(CNC(=O)/C=C/c2ccc(N)nc2)o1.Cc1cc(Br)ccc1-c1ncc(CN)o1.Nc1ccc(/C=C/C(=O)O)cn1. The number of hydrogen-bond donors (Lipinski definition) is 6. The number of oxazole rings is 3. The molecule has 614 valence electrons. The molecule has 0 spiro atoms. The van der Waals surface area contributed by atoms with Crippen LogP contribution in [0.1, 0.15) is 111 Å². The molecule has 4 aliphatic rings. The van der Waals surface area contributed by atoms with E-state index in [-0.39, 0.29) is 106 Å². The second kappa shape index (κ2) is 38.6. The van der Waals surface area contributed by atoms with Crippen LogP contribution in [-0.4, -0.2) is 150 Å². The number of nitrogens with one attached hydrogen (secondary N) is 1. The van der Waals surface area contributed by atoms with E-state index in [2.05, 4.69) is 46.2 Å². The van der Waals surface area contributed by atoms with E-state index in [9.17, 15) is 50.3 Å². The number of carboxylic acid groups (broad SMARTS) is 1. The largest absolute Gasteiger partial charge is 0.497 e. The molecule has 4 amide bonds. The van der Waals surface area contributed by atoms with Gasteiger partial charge in [-0.2, -0.15) is 0 Å². The number of nitrogens with zero attached hydrogens (tertiary/aromatic N) is 8. The summed E-state index contributed by atoms with van der Waals surface area (Å²) in [4.78, 5) is 83.5. The molecule has 11 aromatic rings. The van der Waals surface area contributed by atoms with Gasteiger partial charge in [0.05, 0.1) is 88.7 Å². The number of likely N-dealkylation sites (tertiary alicyclic amines) is 3. The Morgan fingerprint density at radius 3 is 1.23 bits per heavy atom. The number of benzene rings is 6. The molecule has 5 aromatic heterocycles. The number of nitrogens with two attached hydrogens (primary N) is 4. The summed E-state index contributed by atoms with van der Waals surface area (Å²) in [6, 6.07) is 36.2. The van der Waals surface area contributed by atoms with Gasteiger partial charge in [0.25, 0.3) is 17.7 Å². The number of alkyl halides is 3. The normalized spacial score (nSPS) is 14.7. The van der Waals surface area contributed by atoms with Gasteiger partial charge in [0, 0.05) is 79.0 Å². The molecule has 4 aliphatic heterocycles. The highest BCUT2D eigenvalue weighted by Crippen LogP contribution is 2.38. The number of hydrogen-bond acceptors (Lipinski definition) is 19. The number of aromatic nitrogens is 5. The Balaban J connectivity index is 0.000000164. The van der Waals surface area contributed by atoms with Crippen LogP contribution in [0.25, 0.3) is 68.8 Å². The third kappa shape index (κ3) is 22.0. The number of halogens is 7. The van der Waals surface area contributed by atoms with Gasteiger partial charge in [-0.15, -0.1) is 0 Å². The van der Waals surface area contributed by atoms with Gasteiger partial charge in [-0.1, -0.05) is 65.8 Å². The summed E-state index contributed by atoms with van der Waals surface area (Å²) in [5.74, 6) is 0.0426. The first-order valence-electron chi connectivity index (χ1n) is 36.8. The molecule has 4 saturated heterocycles. The number of amides is 4. The van der Waals surface area contributed by atoms with Crippen LogP contribution < -0.4 is 33.7 Å². The fourth-order valence-electron chi connectivity index (χ4n) is 12.1. The topological polar surface area (TPSA) is 354 Å². The number of carbonyl (C=O) groups is 5. The standard InChI is InChI=1S/C29H25F2N5O3.C21H19F2N3O2.C16H20BF2NO3.C11H11BrN2O.C8H8N2O2.CH4/c1-17-10-19(24-7-5-20(11-25(24)31)29(38)36-15-21(30)16-36)4-6-23(17)28-35-14-22(39-28)13-34-27(37)9-3-18-2-8-26(32)33-12-18;1-12-6-13(2-4-17(12)20-25-9-16(8-24)28-20)18-5-3-14(7-19(18)23)21(27)26-10-15(22)11-26;1-15(2)16(3,4)23-17(22-15)12-6-5-10(7-13(12)19)14(21)20-8-11(18)9-20;1-7-4-8(12)2-3-10(7)11-14-6-9(5-13)15-11;9-7-3-1-6(5-10-7)2-4-8(11)12;/h2-12,14,21H,13,15-16H2,1H3,(H2,32,33)(H,34,37);2-7,9,15H,8,10-11,24H2,1H3;5-7,11H,8-9H2,1-4H3;2-4,6H,5,13H2,1H3;1-5H,(H2,9,10)(H,11,12);1H4/b9-3+;;;;4-2+;. The second-order valence-corrected chi connectivity index (χ2v) is 29.6. The van der Waals surface area contributed by atoms with E-state index >= 15 is 0 Å². The summed E-state index contributed by atoms with van der Waals surface area (Å²) in [5.41, 5.74) is 30.4. The van der Waals surface area contributed by atoms with Crippen LogP contribution in [0.3, 0.4) is 0 Å². The number of carboxylic acids is 1. The lowest BCUT2D eigenvalue weighted by atomic mass is 9.78. The van der Waals surface area contributed by atoms with Gasteiger partial charge in [0.1, 0.15) is 64.9 Å². The zero-order chi connectivity index (χ0) is 84.2. The molecule has 4 fully saturated rings. The van der Waals surface area contributed by atoms with Gasteiger partial charge < -0.3 is 70.6 Å². The summed E-state index contributed by atoms with van der Waals surface area (Å²) in [7, 11) is -0.816. The molecule has 9 heterocycles. The van der Waals surface area contributed by atoms with Crippen molar-refractivity contribution in [3.63, 3.8) is 0 Å². The average Bonchev–Trinajstić information content (AvgIpc) is 1.65. The van der Waals surface area contributed by atoms with E-state index in [4.69, 9.17) is 50.6 Å². The van der Waals surface area contributed by atoms with Crippen molar-refractivity contribution in [3.8, 4) is 56.6 Å². The lowest BCUT2D eigenvalue weighted by Crippen LogP contribution is -2.51. The minimum absolute atomic E-state index is 0. The first-order valence-corrected chi connectivity index (χ1v) is 37.6. The number of nitrogen functional groups attached to an aromatic ring is 2. The Kier molecular flexibility index (Phi) is 28.8. The lowest BCUT2D eigenvalue weighted by Gasteiger charge is -2.34. The van der Waals surface area contributed by atoms with Crippen LogP contribution in [0.4, 0.5) is 38.0 Å². The van der Waals surface area contributed by atoms with E-state index in [1.807, 2.05) is 78.8 Å². The highest BCUT2D eigenvalue weighted by molar-refractivity contribution is 9.10. The van der Waals surface area contributed by atoms with Crippen molar-refractivity contribution in [1.29, 1.82) is 0 Å². The van der Waals surface area contributed by atoms with Crippen LogP contribution in [-0.2, 0) is 38.5 Å². The molecule has 118 heavy (non-hydrogen) atoms. The molecular formula is C86H87BBrF6N13O11. The maximum absolute atomic E-state index is 14.9. The van der Waals surface area contributed by atoms with Gasteiger partial charge in [-0.25, -0.2) is 56.1 Å². The second-order valence-electron chi connectivity index (χ2n) is 28.7. The minimum atomic E-state index is -1.01. The van der Waals surface area contributed by atoms with Gasteiger partial charge >= 0.3 is 13.1 Å². The molecule has 15 rings (SSSR count). The summed E-state index contributed by atoms with van der Waals surface area (Å²) in [5, 5.41) is 11.0. The lowest BCUT2D eigenvalue weighted by molar-refractivity contribution is -0.131. The molecule has 32 heteroatoms. The number of anilines is 2. The van der Waals surface area contributed by atoms with Crippen LogP contribution >= 0.6 is 15.9 Å². The summed E-state index contributed by atoms with van der Waals surface area (Å²) in [6.45, 7) is 14.5. The Morgan fingerprint density at radius 2 is 0.873 bits per heavy atom. The number of rotatable bonds is 17. The number of pyridine rings is 2. The molecule has 0 atom stereocenters. The van der Waals surface area contributed by atoms with Gasteiger partial charge in [0.2, 0.25) is 23.6 Å². The van der Waals surface area contributed by atoms with Crippen molar-refractivity contribution in [2.45, 2.75) is 105 Å². The Hall–Kier alpha value is -12.4. The maximum Gasteiger partial charge on any atom is 0.497 e. The van der Waals surface area contributed by atoms with Crippen LogP contribution in [0.15, 0.2) is 194 Å². The molecule has 24 nitrogen and oxygen atoms in total. The van der Waals surface area contributed by atoms with Crippen LogP contribution in [0.5, 0.6) is 0 Å². The van der Waals surface area contributed by atoms with Gasteiger partial charge in [0.15, 0.2) is 0 Å². The third-order valence-corrected chi connectivity index (χ3v) is 20.0. The van der Waals surface area contributed by atoms with Crippen molar-refractivity contribution in [2.24, 2.45) is 11.5 Å². The van der Waals surface area contributed by atoms with E-state index in [1.54, 1.807) is 97.5 Å². The molecule has 0 radical (unpaired) electrons. The van der Waals surface area contributed by atoms with Gasteiger partial charge in [-0.05, 0) is 191 Å². The fourth-order valence-corrected chi connectivity index (χ4v) is 12.6. The Bertz CT molecular complexity index is 5480. The molecule has 6 aromatic carbocycles. The molecular weight excluding hydrogens is 1600 g/mol. The molecule has 0 unspecified atom stereocenters. The Morgan fingerprint density at radius 1 is 0.500 bits per heavy atom. The predicted molar refractivity (Wildman–Crippen MR) is 440 cm³/mol. The van der Waals surface area contributed by atoms with Crippen molar-refractivity contribution < 1.29 is 78.0 Å². The van der Waals surface area contributed by atoms with Crippen molar-refractivity contribution in [3.05, 3.63) is 260 Å². The number of carbonyl (C=O) groups excluding carboxylic acids is 4. The van der Waals surface area contributed by atoms with Crippen LogP contribution in [0, 0.1) is 38.2 Å². The molecule has 0 aliphatic carbocycles. The molecule has 0 saturated carbocycles. The summed E-state index contributed by atoms with van der Waals surface area (Å²) in [6.07, 6.45) is 10.4. The highest BCUT2D eigenvalue weighted by atomic mass is 79.9. The third-order valence-electron chi connectivity index (χ3n) is 19.5. The highest BCUT2D eigenvalue weighted by Gasteiger charge is 2.52. The first-order chi connectivity index (χ1) is 55.7. The Labute approximate surface area is 685 Å². The number of aryl methyl sites for hydroxylation is 3. The zero-order valence-electron chi connectivity index (χ0n) is 64.6. The van der Waals surface area contributed by atoms with E-state index in [0.29, 0.717) is 81.0 Å². The minimum Gasteiger partial charge on any atom is -0.478 e. The predicted octanol–water partition coefficient (Wildman–Crippen LogP) is 14.5. The smallest absolute Gasteiger partial charge is 0.478 e. The maximum atomic E-state index is 14.9. The van der Waals surface area contributed by atoms with Crippen molar-refractivity contribution >= 4 is 81.9 Å². The van der Waals surface area contributed by atoms with E-state index < -0.39 is 60.3 Å². The zero-order valence-corrected chi connectivity index (χ0v) is 66.2. The summed E-state index contributed by atoms with van der Waals surface area (Å²) < 4.78 is 112. The summed E-state index contributed by atoms with van der Waals surface area (Å²) >= 11 is 3.42. The van der Waals surface area contributed by atoms with Gasteiger partial charge in [-0.3, -0.25) is 19.2 Å². The van der Waals surface area contributed by atoms with E-state index in [1.165, 1.54) is 63.5 Å². The van der Waals surface area contributed by atoms with Crippen molar-refractivity contribution in [2.75, 3.05) is 50.7 Å². The number of aliphatic carboxylic acids is 1. The molecule has 0 bridgehead atoms. The molecule has 10 N–H and O–H groups in total. The first kappa shape index (κ1) is 88.0. The van der Waals surface area contributed by atoms with Crippen LogP contribution in [0.2, 0.25) is 0 Å². The van der Waals surface area contributed by atoms with Crippen molar-refractivity contribution in [1.82, 2.24) is 44.9 Å². The average molecular weight is 1680 g/mol.